The normalized spacial score (nSPS) is 12.1. The van der Waals surface area contributed by atoms with Crippen LogP contribution >= 0.6 is 0 Å². The SMILES string of the molecule is N#Cc1ccc(OCC(O)Cn2cnc3cc(F)c(F)cc32)cc1. The Balaban J connectivity index is 1.65. The van der Waals surface area contributed by atoms with Crippen LogP contribution in [0.4, 0.5) is 8.78 Å². The number of imidazole rings is 1. The molecule has 1 atom stereocenters. The highest BCUT2D eigenvalue weighted by atomic mass is 19.2. The summed E-state index contributed by atoms with van der Waals surface area (Å²) in [5, 5.41) is 18.8. The van der Waals surface area contributed by atoms with Crippen LogP contribution in [-0.4, -0.2) is 27.4 Å². The fourth-order valence-corrected chi connectivity index (χ4v) is 2.30. The van der Waals surface area contributed by atoms with Gasteiger partial charge in [-0.25, -0.2) is 13.8 Å². The number of ether oxygens (including phenoxy) is 1. The first-order valence-electron chi connectivity index (χ1n) is 7.17. The van der Waals surface area contributed by atoms with Gasteiger partial charge in [0, 0.05) is 12.1 Å². The van der Waals surface area contributed by atoms with Gasteiger partial charge in [-0.2, -0.15) is 5.26 Å². The molecular weight excluding hydrogens is 316 g/mol. The topological polar surface area (TPSA) is 71.1 Å². The van der Waals surface area contributed by atoms with E-state index >= 15 is 0 Å². The molecule has 1 aromatic heterocycles. The van der Waals surface area contributed by atoms with Gasteiger partial charge in [0.2, 0.25) is 0 Å². The van der Waals surface area contributed by atoms with Crippen molar-refractivity contribution in [2.75, 3.05) is 6.61 Å². The maximum atomic E-state index is 13.3. The zero-order chi connectivity index (χ0) is 17.1. The van der Waals surface area contributed by atoms with Crippen molar-refractivity contribution in [3.63, 3.8) is 0 Å². The first-order chi connectivity index (χ1) is 11.6. The summed E-state index contributed by atoms with van der Waals surface area (Å²) in [5.74, 6) is -1.40. The number of aliphatic hydroxyl groups is 1. The van der Waals surface area contributed by atoms with Gasteiger partial charge in [0.1, 0.15) is 18.5 Å². The summed E-state index contributed by atoms with van der Waals surface area (Å²) in [4.78, 5) is 3.98. The van der Waals surface area contributed by atoms with E-state index in [1.807, 2.05) is 6.07 Å². The van der Waals surface area contributed by atoms with Gasteiger partial charge in [0.05, 0.1) is 35.5 Å². The van der Waals surface area contributed by atoms with E-state index in [-0.39, 0.29) is 13.2 Å². The van der Waals surface area contributed by atoms with Crippen molar-refractivity contribution in [2.45, 2.75) is 12.6 Å². The lowest BCUT2D eigenvalue weighted by Crippen LogP contribution is -2.23. The Bertz CT molecular complexity index is 901. The average molecular weight is 329 g/mol. The molecule has 2 aromatic carbocycles. The monoisotopic (exact) mass is 329 g/mol. The summed E-state index contributed by atoms with van der Waals surface area (Å²) >= 11 is 0. The molecule has 0 saturated carbocycles. The maximum Gasteiger partial charge on any atom is 0.161 e. The molecule has 0 spiro atoms. The van der Waals surface area contributed by atoms with Crippen molar-refractivity contribution in [3.05, 3.63) is 59.9 Å². The minimum atomic E-state index is -0.965. The Kier molecular flexibility index (Phi) is 4.40. The lowest BCUT2D eigenvalue weighted by atomic mass is 10.2. The Morgan fingerprint density at radius 1 is 1.21 bits per heavy atom. The van der Waals surface area contributed by atoms with E-state index < -0.39 is 17.7 Å². The first kappa shape index (κ1) is 15.9. The number of rotatable bonds is 5. The number of fused-ring (bicyclic) bond motifs is 1. The van der Waals surface area contributed by atoms with Gasteiger partial charge in [-0.05, 0) is 24.3 Å². The third-order valence-electron chi connectivity index (χ3n) is 3.50. The molecule has 122 valence electrons. The van der Waals surface area contributed by atoms with Gasteiger partial charge in [-0.1, -0.05) is 0 Å². The van der Waals surface area contributed by atoms with Gasteiger partial charge in [0.25, 0.3) is 0 Å². The Labute approximate surface area is 136 Å². The van der Waals surface area contributed by atoms with Gasteiger partial charge >= 0.3 is 0 Å². The lowest BCUT2D eigenvalue weighted by molar-refractivity contribution is 0.0934. The molecule has 1 unspecified atom stereocenters. The predicted octanol–water partition coefficient (Wildman–Crippen LogP) is 2.63. The largest absolute Gasteiger partial charge is 0.491 e. The highest BCUT2D eigenvalue weighted by Crippen LogP contribution is 2.18. The molecule has 0 saturated heterocycles. The quantitative estimate of drug-likeness (QED) is 0.781. The molecule has 0 aliphatic heterocycles. The second-order valence-electron chi connectivity index (χ2n) is 5.25. The zero-order valence-corrected chi connectivity index (χ0v) is 12.5. The van der Waals surface area contributed by atoms with Gasteiger partial charge in [-0.3, -0.25) is 0 Å². The second-order valence-corrected chi connectivity index (χ2v) is 5.25. The average Bonchev–Trinajstić information content (AvgIpc) is 2.95. The highest BCUT2D eigenvalue weighted by Gasteiger charge is 2.12. The minimum Gasteiger partial charge on any atom is -0.491 e. The van der Waals surface area contributed by atoms with Crippen LogP contribution in [-0.2, 0) is 6.54 Å². The molecule has 7 heteroatoms. The van der Waals surface area contributed by atoms with Crippen LogP contribution in [0.25, 0.3) is 11.0 Å². The number of hydrogen-bond acceptors (Lipinski definition) is 4. The molecule has 0 amide bonds. The fourth-order valence-electron chi connectivity index (χ4n) is 2.30. The Hall–Kier alpha value is -2.98. The number of benzene rings is 2. The van der Waals surface area contributed by atoms with E-state index in [2.05, 4.69) is 4.98 Å². The molecule has 0 aliphatic rings. The van der Waals surface area contributed by atoms with Crippen molar-refractivity contribution >= 4 is 11.0 Å². The van der Waals surface area contributed by atoms with E-state index in [0.717, 1.165) is 12.1 Å². The summed E-state index contributed by atoms with van der Waals surface area (Å²) in [6, 6.07) is 10.6. The molecule has 24 heavy (non-hydrogen) atoms. The van der Waals surface area contributed by atoms with Crippen molar-refractivity contribution < 1.29 is 18.6 Å². The molecule has 1 N–H and O–H groups in total. The summed E-state index contributed by atoms with van der Waals surface area (Å²) in [7, 11) is 0. The van der Waals surface area contributed by atoms with E-state index in [9.17, 15) is 13.9 Å². The summed E-state index contributed by atoms with van der Waals surface area (Å²) in [6.07, 6.45) is 0.542. The zero-order valence-electron chi connectivity index (χ0n) is 12.5. The minimum absolute atomic E-state index is 0.00918. The third kappa shape index (κ3) is 3.34. The molecule has 1 heterocycles. The first-order valence-corrected chi connectivity index (χ1v) is 7.17. The maximum absolute atomic E-state index is 13.3. The van der Waals surface area contributed by atoms with Crippen LogP contribution in [0.2, 0.25) is 0 Å². The van der Waals surface area contributed by atoms with Crippen molar-refractivity contribution in [2.24, 2.45) is 0 Å². The van der Waals surface area contributed by atoms with Crippen LogP contribution in [0.5, 0.6) is 5.75 Å². The molecule has 5 nitrogen and oxygen atoms in total. The number of halogens is 2. The second kappa shape index (κ2) is 6.64. The smallest absolute Gasteiger partial charge is 0.161 e. The van der Waals surface area contributed by atoms with Gasteiger partial charge < -0.3 is 14.4 Å². The molecule has 3 rings (SSSR count). The van der Waals surface area contributed by atoms with Crippen molar-refractivity contribution in [1.29, 1.82) is 5.26 Å². The van der Waals surface area contributed by atoms with Crippen LogP contribution in [0.1, 0.15) is 5.56 Å². The van der Waals surface area contributed by atoms with Crippen molar-refractivity contribution in [3.8, 4) is 11.8 Å². The highest BCUT2D eigenvalue weighted by molar-refractivity contribution is 5.75. The summed E-state index contributed by atoms with van der Waals surface area (Å²) in [5.41, 5.74) is 1.22. The Morgan fingerprint density at radius 3 is 2.62 bits per heavy atom. The number of nitriles is 1. The molecule has 0 bridgehead atoms. The summed E-state index contributed by atoms with van der Waals surface area (Å²) < 4.78 is 33.5. The number of aliphatic hydroxyl groups excluding tert-OH is 1. The van der Waals surface area contributed by atoms with E-state index in [1.165, 1.54) is 10.9 Å². The van der Waals surface area contributed by atoms with Crippen LogP contribution in [0.15, 0.2) is 42.7 Å². The third-order valence-corrected chi connectivity index (χ3v) is 3.50. The van der Waals surface area contributed by atoms with Crippen LogP contribution in [0.3, 0.4) is 0 Å². The van der Waals surface area contributed by atoms with Gasteiger partial charge in [0.15, 0.2) is 11.6 Å². The molecular formula is C17H13F2N3O2. The van der Waals surface area contributed by atoms with E-state index in [0.29, 0.717) is 22.3 Å². The van der Waals surface area contributed by atoms with E-state index in [4.69, 9.17) is 10.00 Å². The fraction of sp³-hybridized carbons (Fsp3) is 0.176. The summed E-state index contributed by atoms with van der Waals surface area (Å²) in [6.45, 7) is 0.132. The van der Waals surface area contributed by atoms with E-state index in [1.54, 1.807) is 24.3 Å². The molecule has 0 radical (unpaired) electrons. The molecule has 3 aromatic rings. The van der Waals surface area contributed by atoms with Crippen molar-refractivity contribution in [1.82, 2.24) is 9.55 Å². The number of hydrogen-bond donors (Lipinski definition) is 1. The molecule has 0 aliphatic carbocycles. The Morgan fingerprint density at radius 2 is 1.92 bits per heavy atom. The lowest BCUT2D eigenvalue weighted by Gasteiger charge is -2.13. The molecule has 0 fully saturated rings. The number of aromatic nitrogens is 2. The number of nitrogens with zero attached hydrogens (tertiary/aromatic N) is 3. The predicted molar refractivity (Wildman–Crippen MR) is 82.3 cm³/mol. The van der Waals surface area contributed by atoms with Crippen LogP contribution in [0, 0.1) is 23.0 Å². The van der Waals surface area contributed by atoms with Crippen LogP contribution < -0.4 is 4.74 Å². The standard InChI is InChI=1S/C17H13F2N3O2/c18-14-5-16-17(6-15(14)19)22(10-21-16)8-12(23)9-24-13-3-1-11(7-20)2-4-13/h1-6,10,12,23H,8-9H2. The van der Waals surface area contributed by atoms with Gasteiger partial charge in [-0.15, -0.1) is 0 Å².